The van der Waals surface area contributed by atoms with E-state index in [4.69, 9.17) is 23.2 Å². The smallest absolute Gasteiger partial charge is 0.181 e. The number of hydrogen-bond acceptors (Lipinski definition) is 6. The van der Waals surface area contributed by atoms with E-state index in [1.54, 1.807) is 43.3 Å². The zero-order valence-corrected chi connectivity index (χ0v) is 22.0. The van der Waals surface area contributed by atoms with Crippen molar-refractivity contribution < 1.29 is 21.6 Å². The van der Waals surface area contributed by atoms with Crippen LogP contribution in [0.1, 0.15) is 31.0 Å². The molecule has 0 saturated heterocycles. The maximum atomic E-state index is 12.6. The molecule has 6 nitrogen and oxygen atoms in total. The second-order valence-electron chi connectivity index (χ2n) is 8.48. The monoisotopic (exact) mass is 551 g/mol. The highest BCUT2D eigenvalue weighted by Crippen LogP contribution is 2.38. The van der Waals surface area contributed by atoms with Crippen LogP contribution in [0, 0.1) is 0 Å². The van der Waals surface area contributed by atoms with E-state index in [-0.39, 0.29) is 39.4 Å². The summed E-state index contributed by atoms with van der Waals surface area (Å²) in [6.45, 7) is 1.56. The van der Waals surface area contributed by atoms with Gasteiger partial charge in [0.05, 0.1) is 30.8 Å². The molecule has 10 heteroatoms. The molecule has 1 aliphatic carbocycles. The number of halogens is 2. The van der Waals surface area contributed by atoms with Crippen LogP contribution in [0.5, 0.6) is 0 Å². The van der Waals surface area contributed by atoms with Crippen molar-refractivity contribution in [3.63, 3.8) is 0 Å². The molecule has 35 heavy (non-hydrogen) atoms. The average molecular weight is 553 g/mol. The first-order chi connectivity index (χ1) is 16.5. The fourth-order valence-corrected chi connectivity index (χ4v) is 6.97. The van der Waals surface area contributed by atoms with Gasteiger partial charge < -0.3 is 0 Å². The molecule has 0 N–H and O–H groups in total. The second-order valence-corrected chi connectivity index (χ2v) is 13.8. The first-order valence-corrected chi connectivity index (χ1v) is 15.0. The van der Waals surface area contributed by atoms with Crippen LogP contribution in [-0.2, 0) is 37.3 Å². The third-order valence-electron chi connectivity index (χ3n) is 5.85. The highest BCUT2D eigenvalue weighted by atomic mass is 35.5. The average Bonchev–Trinajstić information content (AvgIpc) is 3.65. The number of pyridine rings is 1. The van der Waals surface area contributed by atoms with Crippen molar-refractivity contribution in [2.45, 2.75) is 47.6 Å². The topological polar surface area (TPSA) is 98.2 Å². The summed E-state index contributed by atoms with van der Waals surface area (Å²) in [7, 11) is -6.63. The number of ketones is 1. The largest absolute Gasteiger partial charge is 0.299 e. The van der Waals surface area contributed by atoms with Gasteiger partial charge in [-0.25, -0.2) is 16.8 Å². The Bertz CT molecular complexity index is 1460. The maximum absolute atomic E-state index is 12.6. The molecule has 184 valence electrons. The zero-order chi connectivity index (χ0) is 25.4. The van der Waals surface area contributed by atoms with Crippen LogP contribution in [0.25, 0.3) is 11.1 Å². The van der Waals surface area contributed by atoms with Gasteiger partial charge in [0, 0.05) is 30.3 Å². The molecule has 0 bridgehead atoms. The van der Waals surface area contributed by atoms with Crippen molar-refractivity contribution in [2.24, 2.45) is 0 Å². The minimum atomic E-state index is -3.35. The van der Waals surface area contributed by atoms with Crippen LogP contribution >= 0.6 is 23.2 Å². The Labute approximate surface area is 215 Å². The molecule has 2 aromatic carbocycles. The molecule has 1 aromatic heterocycles. The van der Waals surface area contributed by atoms with E-state index in [0.717, 1.165) is 0 Å². The van der Waals surface area contributed by atoms with Crippen molar-refractivity contribution >= 4 is 48.7 Å². The summed E-state index contributed by atoms with van der Waals surface area (Å²) in [5.74, 6) is -0.146. The molecule has 1 saturated carbocycles. The predicted molar refractivity (Wildman–Crippen MR) is 136 cm³/mol. The number of rotatable bonds is 9. The van der Waals surface area contributed by atoms with Crippen LogP contribution in [0.15, 0.2) is 64.5 Å². The lowest BCUT2D eigenvalue weighted by Crippen LogP contribution is -2.09. The predicted octanol–water partition coefficient (Wildman–Crippen LogP) is 5.14. The van der Waals surface area contributed by atoms with Crippen molar-refractivity contribution in [1.29, 1.82) is 0 Å². The molecule has 0 spiro atoms. The molecular weight excluding hydrogens is 529 g/mol. The number of hydrogen-bond donors (Lipinski definition) is 0. The minimum Gasteiger partial charge on any atom is -0.299 e. The maximum Gasteiger partial charge on any atom is 0.181 e. The van der Waals surface area contributed by atoms with Crippen molar-refractivity contribution in [3.8, 4) is 11.1 Å². The van der Waals surface area contributed by atoms with E-state index in [2.05, 4.69) is 4.98 Å². The molecule has 0 atom stereocenters. The Balaban J connectivity index is 1.47. The van der Waals surface area contributed by atoms with Crippen molar-refractivity contribution in [1.82, 2.24) is 4.98 Å². The van der Waals surface area contributed by atoms with Gasteiger partial charge in [-0.05, 0) is 60.4 Å². The van der Waals surface area contributed by atoms with E-state index in [1.165, 1.54) is 18.3 Å². The van der Waals surface area contributed by atoms with Gasteiger partial charge in [0.1, 0.15) is 5.78 Å². The van der Waals surface area contributed by atoms with Gasteiger partial charge in [-0.3, -0.25) is 9.78 Å². The Kier molecular flexibility index (Phi) is 7.38. The van der Waals surface area contributed by atoms with Crippen LogP contribution < -0.4 is 0 Å². The summed E-state index contributed by atoms with van der Waals surface area (Å²) in [6, 6.07) is 12.8. The fraction of sp³-hybridized carbons (Fsp3) is 0.280. The van der Waals surface area contributed by atoms with Gasteiger partial charge in [0.2, 0.25) is 0 Å². The highest BCUT2D eigenvalue weighted by molar-refractivity contribution is 7.92. The van der Waals surface area contributed by atoms with Crippen molar-refractivity contribution in [3.05, 3.63) is 76.0 Å². The molecule has 1 fully saturated rings. The molecule has 4 rings (SSSR count). The Morgan fingerprint density at radius 3 is 2.03 bits per heavy atom. The summed E-state index contributed by atoms with van der Waals surface area (Å²) in [4.78, 5) is 17.1. The summed E-state index contributed by atoms with van der Waals surface area (Å²) >= 11 is 13.0. The molecule has 0 radical (unpaired) electrons. The third kappa shape index (κ3) is 5.77. The van der Waals surface area contributed by atoms with Gasteiger partial charge in [0.25, 0.3) is 0 Å². The van der Waals surface area contributed by atoms with Crippen LogP contribution in [0.4, 0.5) is 0 Å². The summed E-state index contributed by atoms with van der Waals surface area (Å²) in [5, 5.41) is 0.422. The number of nitrogens with zero attached hydrogens (tertiary/aromatic N) is 1. The summed E-state index contributed by atoms with van der Waals surface area (Å²) in [6.07, 6.45) is 2.79. The molecule has 1 heterocycles. The second kappa shape index (κ2) is 10.0. The fourth-order valence-electron chi connectivity index (χ4n) is 3.74. The lowest BCUT2D eigenvalue weighted by Gasteiger charge is -2.11. The summed E-state index contributed by atoms with van der Waals surface area (Å²) in [5.41, 5.74) is 2.35. The molecule has 0 aliphatic heterocycles. The first-order valence-electron chi connectivity index (χ1n) is 11.0. The van der Waals surface area contributed by atoms with Gasteiger partial charge in [-0.1, -0.05) is 42.3 Å². The number of benzene rings is 2. The van der Waals surface area contributed by atoms with E-state index >= 15 is 0 Å². The van der Waals surface area contributed by atoms with Gasteiger partial charge in [-0.15, -0.1) is 0 Å². The van der Waals surface area contributed by atoms with Gasteiger partial charge >= 0.3 is 0 Å². The molecule has 3 aromatic rings. The van der Waals surface area contributed by atoms with Gasteiger partial charge in [0.15, 0.2) is 19.7 Å². The first kappa shape index (κ1) is 25.8. The number of carbonyl (C=O) groups is 1. The molecule has 0 unspecified atom stereocenters. The Hall–Kier alpha value is -2.26. The Morgan fingerprint density at radius 2 is 1.51 bits per heavy atom. The lowest BCUT2D eigenvalue weighted by atomic mass is 10.0. The van der Waals surface area contributed by atoms with Crippen molar-refractivity contribution in [2.75, 3.05) is 5.75 Å². The molecule has 0 amide bonds. The number of aromatic nitrogens is 1. The van der Waals surface area contributed by atoms with E-state index in [1.807, 2.05) is 0 Å². The number of Topliss-reactive ketones (excluding diaryl/α,β-unsaturated/α-hetero) is 1. The molecule has 1 aliphatic rings. The van der Waals surface area contributed by atoms with E-state index in [0.29, 0.717) is 45.3 Å². The third-order valence-corrected chi connectivity index (χ3v) is 10.4. The standard InChI is InChI=1S/C25H23Cl2NO5S2/c1-2-34(30,31)22-8-5-18(28-15-22)14-19(29)11-16-12-23(26)25(24(27)13-16)17-3-6-20(7-4-17)35(32,33)21-9-10-21/h3-8,12-13,15,21H,2,9-11,14H2,1H3. The van der Waals surface area contributed by atoms with Crippen LogP contribution in [0.2, 0.25) is 10.0 Å². The minimum absolute atomic E-state index is 0.0197. The highest BCUT2D eigenvalue weighted by Gasteiger charge is 2.36. The Morgan fingerprint density at radius 1 is 0.914 bits per heavy atom. The van der Waals surface area contributed by atoms with Crippen LogP contribution in [0.3, 0.4) is 0 Å². The zero-order valence-electron chi connectivity index (χ0n) is 18.9. The number of carbonyl (C=O) groups excluding carboxylic acids is 1. The SMILES string of the molecule is CCS(=O)(=O)c1ccc(CC(=O)Cc2cc(Cl)c(-c3ccc(S(=O)(=O)C4CC4)cc3)c(Cl)c2)nc1. The quantitative estimate of drug-likeness (QED) is 0.365. The normalized spacial score (nSPS) is 14.1. The summed E-state index contributed by atoms with van der Waals surface area (Å²) < 4.78 is 48.6. The van der Waals surface area contributed by atoms with Crippen LogP contribution in [-0.4, -0.2) is 38.6 Å². The van der Waals surface area contributed by atoms with E-state index < -0.39 is 19.7 Å². The lowest BCUT2D eigenvalue weighted by molar-refractivity contribution is -0.117. The number of sulfone groups is 2. The van der Waals surface area contributed by atoms with E-state index in [9.17, 15) is 21.6 Å². The molecular formula is C25H23Cl2NO5S2. The van der Waals surface area contributed by atoms with Gasteiger partial charge in [-0.2, -0.15) is 0 Å².